The highest BCUT2D eigenvalue weighted by Gasteiger charge is 2.46. The normalized spacial score (nSPS) is 21.9. The van der Waals surface area contributed by atoms with Crippen molar-refractivity contribution in [3.8, 4) is 0 Å². The predicted molar refractivity (Wildman–Crippen MR) is 101 cm³/mol. The van der Waals surface area contributed by atoms with Crippen LogP contribution in [0.25, 0.3) is 0 Å². The van der Waals surface area contributed by atoms with Crippen LogP contribution >= 0.6 is 0 Å². The molecule has 0 saturated carbocycles. The molecule has 4 rings (SSSR count). The summed E-state index contributed by atoms with van der Waals surface area (Å²) in [4.78, 5) is 27.8. The maximum atomic E-state index is 13.8. The van der Waals surface area contributed by atoms with Crippen LogP contribution in [0.1, 0.15) is 31.2 Å². The highest BCUT2D eigenvalue weighted by molar-refractivity contribution is 5.89. The molecule has 2 aliphatic heterocycles. The third-order valence-corrected chi connectivity index (χ3v) is 5.89. The summed E-state index contributed by atoms with van der Waals surface area (Å²) in [6.07, 6.45) is 4.87. The fraction of sp³-hybridized carbons (Fsp3) is 0.476. The van der Waals surface area contributed by atoms with E-state index in [0.29, 0.717) is 32.6 Å². The zero-order valence-corrected chi connectivity index (χ0v) is 15.4. The van der Waals surface area contributed by atoms with Gasteiger partial charge in [0.1, 0.15) is 0 Å². The molecule has 0 radical (unpaired) electrons. The lowest BCUT2D eigenvalue weighted by Gasteiger charge is -2.40. The molecular formula is C21H25N3O3. The number of carbonyl (C=O) groups excluding carboxylic acids is 1. The van der Waals surface area contributed by atoms with E-state index in [2.05, 4.69) is 17.2 Å². The van der Waals surface area contributed by atoms with E-state index in [9.17, 15) is 9.59 Å². The Hall–Kier alpha value is -2.47. The zero-order chi connectivity index (χ0) is 18.7. The lowest BCUT2D eigenvalue weighted by molar-refractivity contribution is -0.142. The molecule has 1 amide bonds. The Morgan fingerprint density at radius 3 is 2.67 bits per heavy atom. The molecule has 0 aliphatic carbocycles. The molecule has 2 aliphatic rings. The van der Waals surface area contributed by atoms with Crippen LogP contribution < -0.4 is 5.56 Å². The first kappa shape index (κ1) is 17.9. The van der Waals surface area contributed by atoms with Gasteiger partial charge in [-0.15, -0.1) is 0 Å². The molecule has 1 unspecified atom stereocenters. The SMILES string of the molecule is O=C(N1CCCC1Cn1ncccc1=O)C1(c2ccccc2)CCOCC1. The lowest BCUT2D eigenvalue weighted by atomic mass is 9.73. The molecule has 1 aromatic carbocycles. The molecule has 2 fully saturated rings. The number of ether oxygens (including phenoxy) is 1. The topological polar surface area (TPSA) is 64.4 Å². The van der Waals surface area contributed by atoms with E-state index in [0.717, 1.165) is 24.9 Å². The molecule has 6 heteroatoms. The average Bonchev–Trinajstić information content (AvgIpc) is 3.18. The van der Waals surface area contributed by atoms with E-state index in [1.54, 1.807) is 12.3 Å². The fourth-order valence-corrected chi connectivity index (χ4v) is 4.39. The Morgan fingerprint density at radius 1 is 1.15 bits per heavy atom. The van der Waals surface area contributed by atoms with E-state index in [1.807, 2.05) is 23.1 Å². The summed E-state index contributed by atoms with van der Waals surface area (Å²) in [5.74, 6) is 0.170. The van der Waals surface area contributed by atoms with Gasteiger partial charge in [-0.1, -0.05) is 30.3 Å². The van der Waals surface area contributed by atoms with E-state index in [-0.39, 0.29) is 17.5 Å². The fourth-order valence-electron chi connectivity index (χ4n) is 4.39. The second-order valence-corrected chi connectivity index (χ2v) is 7.40. The van der Waals surface area contributed by atoms with Gasteiger partial charge >= 0.3 is 0 Å². The van der Waals surface area contributed by atoms with Gasteiger partial charge in [0, 0.05) is 32.0 Å². The van der Waals surface area contributed by atoms with Gasteiger partial charge in [-0.05, 0) is 37.3 Å². The van der Waals surface area contributed by atoms with Gasteiger partial charge in [-0.25, -0.2) is 4.68 Å². The number of benzene rings is 1. The number of nitrogens with zero attached hydrogens (tertiary/aromatic N) is 3. The molecule has 2 saturated heterocycles. The van der Waals surface area contributed by atoms with Gasteiger partial charge in [-0.2, -0.15) is 5.10 Å². The van der Waals surface area contributed by atoms with Crippen molar-refractivity contribution in [2.24, 2.45) is 0 Å². The standard InChI is InChI=1S/C21H25N3O3/c25-19-9-4-12-22-24(19)16-18-8-5-13-23(18)20(26)21(10-14-27-15-11-21)17-6-2-1-3-7-17/h1-4,6-7,9,12,18H,5,8,10-11,13-16H2. The van der Waals surface area contributed by atoms with Crippen molar-refractivity contribution in [1.29, 1.82) is 0 Å². The first-order valence-corrected chi connectivity index (χ1v) is 9.67. The van der Waals surface area contributed by atoms with Crippen LogP contribution in [0.5, 0.6) is 0 Å². The van der Waals surface area contributed by atoms with Gasteiger partial charge in [0.2, 0.25) is 5.91 Å². The highest BCUT2D eigenvalue weighted by atomic mass is 16.5. The average molecular weight is 367 g/mol. The number of hydrogen-bond donors (Lipinski definition) is 0. The molecule has 1 atom stereocenters. The third-order valence-electron chi connectivity index (χ3n) is 5.89. The summed E-state index contributed by atoms with van der Waals surface area (Å²) in [5, 5.41) is 4.17. The van der Waals surface area contributed by atoms with Crippen LogP contribution in [0.2, 0.25) is 0 Å². The Kier molecular flexibility index (Phi) is 5.07. The first-order chi connectivity index (χ1) is 13.2. The summed E-state index contributed by atoms with van der Waals surface area (Å²) in [5.41, 5.74) is 0.413. The summed E-state index contributed by atoms with van der Waals surface area (Å²) in [7, 11) is 0. The summed E-state index contributed by atoms with van der Waals surface area (Å²) in [6, 6.07) is 13.2. The quantitative estimate of drug-likeness (QED) is 0.829. The van der Waals surface area contributed by atoms with Crippen LogP contribution in [0, 0.1) is 0 Å². The van der Waals surface area contributed by atoms with Crippen molar-refractivity contribution >= 4 is 5.91 Å². The van der Waals surface area contributed by atoms with E-state index in [4.69, 9.17) is 4.74 Å². The molecule has 1 aromatic heterocycles. The largest absolute Gasteiger partial charge is 0.381 e. The van der Waals surface area contributed by atoms with Crippen molar-refractivity contribution in [3.63, 3.8) is 0 Å². The molecule has 0 bridgehead atoms. The van der Waals surface area contributed by atoms with Crippen molar-refractivity contribution in [3.05, 3.63) is 64.6 Å². The molecule has 6 nitrogen and oxygen atoms in total. The van der Waals surface area contributed by atoms with E-state index < -0.39 is 5.41 Å². The molecule has 27 heavy (non-hydrogen) atoms. The number of hydrogen-bond acceptors (Lipinski definition) is 4. The minimum absolute atomic E-state index is 0.00790. The Labute approximate surface area is 158 Å². The van der Waals surface area contributed by atoms with Gasteiger partial charge in [0.05, 0.1) is 18.0 Å². The third kappa shape index (κ3) is 3.41. The number of amides is 1. The summed E-state index contributed by atoms with van der Waals surface area (Å²) >= 11 is 0. The van der Waals surface area contributed by atoms with Gasteiger partial charge in [0.25, 0.3) is 5.56 Å². The van der Waals surface area contributed by atoms with Gasteiger partial charge in [0.15, 0.2) is 0 Å². The van der Waals surface area contributed by atoms with Crippen LogP contribution in [-0.2, 0) is 21.5 Å². The second-order valence-electron chi connectivity index (χ2n) is 7.40. The number of likely N-dealkylation sites (tertiary alicyclic amines) is 1. The molecule has 2 aromatic rings. The first-order valence-electron chi connectivity index (χ1n) is 9.67. The zero-order valence-electron chi connectivity index (χ0n) is 15.4. The molecule has 0 spiro atoms. The van der Waals surface area contributed by atoms with Crippen LogP contribution in [0.4, 0.5) is 0 Å². The lowest BCUT2D eigenvalue weighted by Crippen LogP contribution is -2.52. The van der Waals surface area contributed by atoms with Crippen molar-refractivity contribution in [2.45, 2.75) is 43.7 Å². The molecule has 3 heterocycles. The second kappa shape index (κ2) is 7.64. The van der Waals surface area contributed by atoms with Crippen molar-refractivity contribution < 1.29 is 9.53 Å². The Morgan fingerprint density at radius 2 is 1.93 bits per heavy atom. The van der Waals surface area contributed by atoms with E-state index >= 15 is 0 Å². The molecule has 0 N–H and O–H groups in total. The number of rotatable bonds is 4. The maximum Gasteiger partial charge on any atom is 0.266 e. The highest BCUT2D eigenvalue weighted by Crippen LogP contribution is 2.38. The number of aromatic nitrogens is 2. The van der Waals surface area contributed by atoms with Crippen molar-refractivity contribution in [1.82, 2.24) is 14.7 Å². The predicted octanol–water partition coefficient (Wildman–Crippen LogP) is 1.98. The van der Waals surface area contributed by atoms with Crippen LogP contribution in [0.15, 0.2) is 53.5 Å². The van der Waals surface area contributed by atoms with Crippen LogP contribution in [0.3, 0.4) is 0 Å². The van der Waals surface area contributed by atoms with E-state index in [1.165, 1.54) is 10.7 Å². The summed E-state index contributed by atoms with van der Waals surface area (Å²) in [6.45, 7) is 2.38. The Bertz CT molecular complexity index is 843. The minimum Gasteiger partial charge on any atom is -0.381 e. The summed E-state index contributed by atoms with van der Waals surface area (Å²) < 4.78 is 7.04. The minimum atomic E-state index is -0.531. The van der Waals surface area contributed by atoms with Gasteiger partial charge in [-0.3, -0.25) is 9.59 Å². The number of carbonyl (C=O) groups is 1. The smallest absolute Gasteiger partial charge is 0.266 e. The van der Waals surface area contributed by atoms with Gasteiger partial charge < -0.3 is 9.64 Å². The Balaban J connectivity index is 1.62. The van der Waals surface area contributed by atoms with Crippen LogP contribution in [-0.4, -0.2) is 46.4 Å². The molecular weight excluding hydrogens is 342 g/mol. The maximum absolute atomic E-state index is 13.8. The molecule has 142 valence electrons. The van der Waals surface area contributed by atoms with Crippen molar-refractivity contribution in [2.75, 3.05) is 19.8 Å². The monoisotopic (exact) mass is 367 g/mol.